The molecule has 1 saturated heterocycles. The summed E-state index contributed by atoms with van der Waals surface area (Å²) in [5, 5.41) is 3.27. The van der Waals surface area contributed by atoms with Gasteiger partial charge in [-0.3, -0.25) is 4.79 Å². The zero-order valence-corrected chi connectivity index (χ0v) is 16.8. The Bertz CT molecular complexity index is 746. The molecule has 1 aliphatic carbocycles. The predicted molar refractivity (Wildman–Crippen MR) is 103 cm³/mol. The molecule has 2 fully saturated rings. The van der Waals surface area contributed by atoms with Gasteiger partial charge in [-0.1, -0.05) is 18.6 Å². The Labute approximate surface area is 157 Å². The number of carbonyl (C=O) groups is 1. The molecule has 1 aliphatic heterocycles. The van der Waals surface area contributed by atoms with Crippen LogP contribution in [0.4, 0.5) is 0 Å². The maximum absolute atomic E-state index is 13.1. The van der Waals surface area contributed by atoms with Crippen LogP contribution in [0.2, 0.25) is 0 Å². The number of rotatable bonds is 5. The Morgan fingerprint density at radius 3 is 2.23 bits per heavy atom. The van der Waals surface area contributed by atoms with E-state index >= 15 is 0 Å². The highest BCUT2D eigenvalue weighted by Crippen LogP contribution is 2.44. The maximum atomic E-state index is 13.1. The fraction of sp³-hybridized carbons (Fsp3) is 0.650. The predicted octanol–water partition coefficient (Wildman–Crippen LogP) is 2.36. The number of benzene rings is 1. The van der Waals surface area contributed by atoms with Crippen molar-refractivity contribution in [1.82, 2.24) is 10.2 Å². The molecule has 3 rings (SSSR count). The first kappa shape index (κ1) is 19.4. The van der Waals surface area contributed by atoms with E-state index in [1.807, 2.05) is 12.1 Å². The van der Waals surface area contributed by atoms with E-state index in [1.165, 1.54) is 6.26 Å². The number of likely N-dealkylation sites (tertiary alicyclic amines) is 1. The van der Waals surface area contributed by atoms with Gasteiger partial charge in [0.2, 0.25) is 5.91 Å². The maximum Gasteiger partial charge on any atom is 0.230 e. The lowest BCUT2D eigenvalue weighted by Gasteiger charge is -2.42. The number of nitrogens with zero attached hydrogens (tertiary/aromatic N) is 1. The van der Waals surface area contributed by atoms with E-state index in [4.69, 9.17) is 0 Å². The van der Waals surface area contributed by atoms with Crippen LogP contribution in [0.25, 0.3) is 0 Å². The summed E-state index contributed by atoms with van der Waals surface area (Å²) in [6.45, 7) is 4.29. The number of sulfone groups is 1. The normalized spacial score (nSPS) is 22.4. The van der Waals surface area contributed by atoms with Crippen LogP contribution in [0.15, 0.2) is 29.2 Å². The van der Waals surface area contributed by atoms with E-state index in [0.29, 0.717) is 10.8 Å². The minimum atomic E-state index is -3.22. The summed E-state index contributed by atoms with van der Waals surface area (Å²) in [6.07, 6.45) is 6.14. The molecule has 1 amide bonds. The third kappa shape index (κ3) is 3.81. The summed E-state index contributed by atoms with van der Waals surface area (Å²) in [6, 6.07) is 7.05. The molecule has 26 heavy (non-hydrogen) atoms. The van der Waals surface area contributed by atoms with Crippen molar-refractivity contribution >= 4 is 15.7 Å². The molecule has 0 aromatic heterocycles. The largest absolute Gasteiger partial charge is 0.353 e. The van der Waals surface area contributed by atoms with Crippen molar-refractivity contribution in [2.24, 2.45) is 5.92 Å². The van der Waals surface area contributed by atoms with Gasteiger partial charge in [-0.2, -0.15) is 0 Å². The van der Waals surface area contributed by atoms with E-state index in [9.17, 15) is 13.2 Å². The van der Waals surface area contributed by atoms with Gasteiger partial charge in [0.1, 0.15) is 0 Å². The summed E-state index contributed by atoms with van der Waals surface area (Å²) in [4.78, 5) is 15.7. The lowest BCUT2D eigenvalue weighted by Crippen LogP contribution is -2.53. The fourth-order valence-corrected chi connectivity index (χ4v) is 4.82. The standard InChI is InChI=1S/C20H30N2O3S/c1-15(16-9-13-22(2)14-10-16)21-19(23)20(11-4-12-20)17-5-7-18(8-6-17)26(3,24)25/h5-8,15-16H,4,9-14H2,1-3H3,(H,21,23). The van der Waals surface area contributed by atoms with Crippen LogP contribution in [0.5, 0.6) is 0 Å². The molecule has 1 heterocycles. The number of nitrogens with one attached hydrogen (secondary N) is 1. The van der Waals surface area contributed by atoms with Crippen LogP contribution in [0.3, 0.4) is 0 Å². The summed E-state index contributed by atoms with van der Waals surface area (Å²) < 4.78 is 23.3. The molecule has 1 aromatic rings. The lowest BCUT2D eigenvalue weighted by molar-refractivity contribution is -0.131. The minimum Gasteiger partial charge on any atom is -0.353 e. The molecule has 144 valence electrons. The SMILES string of the molecule is CC(NC(=O)C1(c2ccc(S(C)(=O)=O)cc2)CCC1)C1CCN(C)CC1. The zero-order chi connectivity index (χ0) is 18.9. The Morgan fingerprint density at radius 1 is 1.19 bits per heavy atom. The molecule has 1 aromatic carbocycles. The molecule has 2 aliphatic rings. The van der Waals surface area contributed by atoms with E-state index in [2.05, 4.69) is 24.2 Å². The molecular weight excluding hydrogens is 348 g/mol. The van der Waals surface area contributed by atoms with E-state index < -0.39 is 15.3 Å². The molecule has 0 radical (unpaired) electrons. The molecule has 0 bridgehead atoms. The minimum absolute atomic E-state index is 0.0993. The van der Waals surface area contributed by atoms with Crippen LogP contribution >= 0.6 is 0 Å². The van der Waals surface area contributed by atoms with Gasteiger partial charge in [0.15, 0.2) is 9.84 Å². The van der Waals surface area contributed by atoms with Crippen LogP contribution in [0, 0.1) is 5.92 Å². The first-order chi connectivity index (χ1) is 12.2. The third-order valence-electron chi connectivity index (χ3n) is 6.31. The Hall–Kier alpha value is -1.40. The quantitative estimate of drug-likeness (QED) is 0.854. The van der Waals surface area contributed by atoms with Crippen LogP contribution in [-0.2, 0) is 20.0 Å². The van der Waals surface area contributed by atoms with Crippen molar-refractivity contribution in [2.75, 3.05) is 26.4 Å². The van der Waals surface area contributed by atoms with Crippen LogP contribution in [0.1, 0.15) is 44.6 Å². The van der Waals surface area contributed by atoms with Crippen molar-refractivity contribution in [3.8, 4) is 0 Å². The van der Waals surface area contributed by atoms with Crippen LogP contribution < -0.4 is 5.32 Å². The van der Waals surface area contributed by atoms with E-state index in [1.54, 1.807) is 12.1 Å². The van der Waals surface area contributed by atoms with E-state index in [-0.39, 0.29) is 11.9 Å². The Balaban J connectivity index is 1.72. The van der Waals surface area contributed by atoms with Crippen LogP contribution in [-0.4, -0.2) is 51.7 Å². The van der Waals surface area contributed by atoms with Gasteiger partial charge < -0.3 is 10.2 Å². The number of piperidine rings is 1. The van der Waals surface area contributed by atoms with Gasteiger partial charge in [-0.25, -0.2) is 8.42 Å². The van der Waals surface area contributed by atoms with Gasteiger partial charge in [0.05, 0.1) is 10.3 Å². The zero-order valence-electron chi connectivity index (χ0n) is 16.0. The molecule has 0 spiro atoms. The summed E-state index contributed by atoms with van der Waals surface area (Å²) in [7, 11) is -1.07. The highest BCUT2D eigenvalue weighted by molar-refractivity contribution is 7.90. The molecule has 1 unspecified atom stereocenters. The first-order valence-corrected chi connectivity index (χ1v) is 11.4. The Kier molecular flexibility index (Phi) is 5.45. The van der Waals surface area contributed by atoms with Gasteiger partial charge >= 0.3 is 0 Å². The van der Waals surface area contributed by atoms with Gasteiger partial charge in [-0.05, 0) is 76.4 Å². The van der Waals surface area contributed by atoms with Gasteiger partial charge in [0.25, 0.3) is 0 Å². The van der Waals surface area contributed by atoms with Crippen molar-refractivity contribution in [3.63, 3.8) is 0 Å². The number of hydrogen-bond acceptors (Lipinski definition) is 4. The molecule has 1 saturated carbocycles. The molecule has 6 heteroatoms. The topological polar surface area (TPSA) is 66.5 Å². The molecular formula is C20H30N2O3S. The van der Waals surface area contributed by atoms with Gasteiger partial charge in [0, 0.05) is 12.3 Å². The second-order valence-corrected chi connectivity index (χ2v) is 10.2. The first-order valence-electron chi connectivity index (χ1n) is 9.52. The van der Waals surface area contributed by atoms with Crippen molar-refractivity contribution in [1.29, 1.82) is 0 Å². The highest BCUT2D eigenvalue weighted by Gasteiger charge is 2.46. The average Bonchev–Trinajstić information content (AvgIpc) is 2.54. The van der Waals surface area contributed by atoms with Crippen molar-refractivity contribution < 1.29 is 13.2 Å². The van der Waals surface area contributed by atoms with Gasteiger partial charge in [-0.15, -0.1) is 0 Å². The molecule has 1 N–H and O–H groups in total. The second kappa shape index (κ2) is 7.31. The van der Waals surface area contributed by atoms with Crippen molar-refractivity contribution in [2.45, 2.75) is 55.4 Å². The third-order valence-corrected chi connectivity index (χ3v) is 7.43. The Morgan fingerprint density at radius 2 is 1.77 bits per heavy atom. The van der Waals surface area contributed by atoms with E-state index in [0.717, 1.165) is 50.8 Å². The second-order valence-electron chi connectivity index (χ2n) is 8.14. The van der Waals surface area contributed by atoms with Crippen molar-refractivity contribution in [3.05, 3.63) is 29.8 Å². The smallest absolute Gasteiger partial charge is 0.230 e. The average molecular weight is 379 g/mol. The highest BCUT2D eigenvalue weighted by atomic mass is 32.2. The molecule has 1 atom stereocenters. The summed E-state index contributed by atoms with van der Waals surface area (Å²) >= 11 is 0. The summed E-state index contributed by atoms with van der Waals surface area (Å²) in [5.74, 6) is 0.627. The number of carbonyl (C=O) groups excluding carboxylic acids is 1. The molecule has 5 nitrogen and oxygen atoms in total. The number of hydrogen-bond donors (Lipinski definition) is 1. The fourth-order valence-electron chi connectivity index (χ4n) is 4.19. The lowest BCUT2D eigenvalue weighted by atomic mass is 9.63. The summed E-state index contributed by atoms with van der Waals surface area (Å²) in [5.41, 5.74) is 0.444. The monoisotopic (exact) mass is 378 g/mol. The number of amides is 1.